The second-order valence-electron chi connectivity index (χ2n) is 3.87. The summed E-state index contributed by atoms with van der Waals surface area (Å²) in [5, 5.41) is 3.98. The van der Waals surface area contributed by atoms with Crippen LogP contribution in [0.15, 0.2) is 72.1 Å². The molecule has 0 aliphatic carbocycles. The van der Waals surface area contributed by atoms with Crippen LogP contribution < -0.4 is 0 Å². The van der Waals surface area contributed by atoms with Gasteiger partial charge in [-0.1, -0.05) is 60.7 Å². The summed E-state index contributed by atoms with van der Waals surface area (Å²) in [6.07, 6.45) is 1.57. The molecule has 0 radical (unpaired) electrons. The van der Waals surface area contributed by atoms with Crippen LogP contribution in [0.1, 0.15) is 11.1 Å². The normalized spacial score (nSPS) is 14.0. The van der Waals surface area contributed by atoms with E-state index in [0.717, 1.165) is 22.4 Å². The summed E-state index contributed by atoms with van der Waals surface area (Å²) in [5.74, 6) is 0. The predicted molar refractivity (Wildman–Crippen MR) is 69.6 cm³/mol. The number of rotatable bonds is 2. The van der Waals surface area contributed by atoms with Crippen molar-refractivity contribution in [2.45, 2.75) is 0 Å². The molecule has 0 saturated carbocycles. The second-order valence-corrected chi connectivity index (χ2v) is 3.87. The number of allylic oxidation sites excluding steroid dienone is 1. The standard InChI is InChI=1S/C15H11NO2/c1-3-7-12(8-4-1)14-11-17-18-16-15(14)13-9-5-2-6-10-13/h1-11H. The molecule has 1 aliphatic heterocycles. The van der Waals surface area contributed by atoms with Crippen molar-refractivity contribution in [3.63, 3.8) is 0 Å². The van der Waals surface area contributed by atoms with Gasteiger partial charge in [0, 0.05) is 5.56 Å². The summed E-state index contributed by atoms with van der Waals surface area (Å²) in [6.45, 7) is 0. The van der Waals surface area contributed by atoms with Gasteiger partial charge in [-0.15, -0.1) is 0 Å². The van der Waals surface area contributed by atoms with Crippen LogP contribution in [0.4, 0.5) is 0 Å². The molecule has 3 heteroatoms. The first-order valence-corrected chi connectivity index (χ1v) is 5.67. The number of oxime groups is 1. The Balaban J connectivity index is 2.04. The summed E-state index contributed by atoms with van der Waals surface area (Å²) in [6, 6.07) is 19.8. The third-order valence-electron chi connectivity index (χ3n) is 2.72. The first kappa shape index (κ1) is 10.6. The minimum absolute atomic E-state index is 0.771. The fourth-order valence-corrected chi connectivity index (χ4v) is 1.86. The predicted octanol–water partition coefficient (Wildman–Crippen LogP) is 3.39. The van der Waals surface area contributed by atoms with Crippen molar-refractivity contribution in [1.82, 2.24) is 0 Å². The lowest BCUT2D eigenvalue weighted by molar-refractivity contribution is -0.250. The average Bonchev–Trinajstić information content (AvgIpc) is 2.49. The molecule has 0 saturated heterocycles. The molecule has 2 aromatic rings. The van der Waals surface area contributed by atoms with Crippen molar-refractivity contribution in [2.24, 2.45) is 5.16 Å². The van der Waals surface area contributed by atoms with Gasteiger partial charge in [0.2, 0.25) is 0 Å². The van der Waals surface area contributed by atoms with Crippen molar-refractivity contribution in [3.8, 4) is 0 Å². The van der Waals surface area contributed by atoms with Crippen LogP contribution in [-0.2, 0) is 9.88 Å². The molecular formula is C15H11NO2. The number of nitrogens with zero attached hydrogens (tertiary/aromatic N) is 1. The Kier molecular flexibility index (Phi) is 2.80. The lowest BCUT2D eigenvalue weighted by atomic mass is 9.97. The first-order valence-electron chi connectivity index (χ1n) is 5.67. The van der Waals surface area contributed by atoms with Gasteiger partial charge in [0.1, 0.15) is 5.71 Å². The van der Waals surface area contributed by atoms with Gasteiger partial charge in [-0.25, -0.2) is 0 Å². The zero-order valence-corrected chi connectivity index (χ0v) is 9.61. The van der Waals surface area contributed by atoms with Crippen LogP contribution in [0.3, 0.4) is 0 Å². The molecular weight excluding hydrogens is 226 g/mol. The summed E-state index contributed by atoms with van der Waals surface area (Å²) < 4.78 is 0. The van der Waals surface area contributed by atoms with Gasteiger partial charge < -0.3 is 0 Å². The molecule has 0 amide bonds. The van der Waals surface area contributed by atoms with E-state index in [1.54, 1.807) is 6.26 Å². The second kappa shape index (κ2) is 4.75. The van der Waals surface area contributed by atoms with E-state index >= 15 is 0 Å². The van der Waals surface area contributed by atoms with Crippen molar-refractivity contribution in [2.75, 3.05) is 0 Å². The molecule has 0 bridgehead atoms. The van der Waals surface area contributed by atoms with E-state index in [2.05, 4.69) is 5.16 Å². The van der Waals surface area contributed by atoms with E-state index in [-0.39, 0.29) is 0 Å². The SMILES string of the molecule is C1=C(c2ccccc2)C(c2ccccc2)=NOO1. The van der Waals surface area contributed by atoms with E-state index < -0.39 is 0 Å². The highest BCUT2D eigenvalue weighted by Crippen LogP contribution is 2.23. The maximum absolute atomic E-state index is 4.84. The van der Waals surface area contributed by atoms with E-state index in [1.807, 2.05) is 60.7 Å². The van der Waals surface area contributed by atoms with Gasteiger partial charge in [0.05, 0.1) is 5.57 Å². The Morgan fingerprint density at radius 2 is 1.33 bits per heavy atom. The Hall–Kier alpha value is -2.55. The fraction of sp³-hybridized carbons (Fsp3) is 0. The molecule has 0 N–H and O–H groups in total. The quantitative estimate of drug-likeness (QED) is 0.749. The summed E-state index contributed by atoms with van der Waals surface area (Å²) in [7, 11) is 0. The van der Waals surface area contributed by atoms with Crippen LogP contribution in [0.25, 0.3) is 5.57 Å². The molecule has 3 rings (SSSR count). The molecule has 0 fully saturated rings. The third-order valence-corrected chi connectivity index (χ3v) is 2.72. The van der Waals surface area contributed by atoms with Crippen molar-refractivity contribution >= 4 is 11.3 Å². The van der Waals surface area contributed by atoms with Crippen LogP contribution >= 0.6 is 0 Å². The Morgan fingerprint density at radius 1 is 0.722 bits per heavy atom. The molecule has 1 heterocycles. The average molecular weight is 237 g/mol. The highest BCUT2D eigenvalue weighted by molar-refractivity contribution is 6.31. The monoisotopic (exact) mass is 237 g/mol. The zero-order valence-electron chi connectivity index (χ0n) is 9.61. The lowest BCUT2D eigenvalue weighted by Crippen LogP contribution is -2.09. The van der Waals surface area contributed by atoms with Gasteiger partial charge in [0.25, 0.3) is 0 Å². The molecule has 0 unspecified atom stereocenters. The number of benzene rings is 2. The van der Waals surface area contributed by atoms with Crippen molar-refractivity contribution < 1.29 is 9.88 Å². The molecule has 2 aromatic carbocycles. The largest absolute Gasteiger partial charge is 0.275 e. The lowest BCUT2D eigenvalue weighted by Gasteiger charge is -2.13. The van der Waals surface area contributed by atoms with Gasteiger partial charge >= 0.3 is 0 Å². The Labute approximate surface area is 105 Å². The molecule has 18 heavy (non-hydrogen) atoms. The van der Waals surface area contributed by atoms with Crippen molar-refractivity contribution in [3.05, 3.63) is 78.1 Å². The molecule has 88 valence electrons. The summed E-state index contributed by atoms with van der Waals surface area (Å²) >= 11 is 0. The summed E-state index contributed by atoms with van der Waals surface area (Å²) in [5.41, 5.74) is 3.72. The maximum Gasteiger partial charge on any atom is 0.155 e. The molecule has 1 aliphatic rings. The minimum Gasteiger partial charge on any atom is -0.275 e. The topological polar surface area (TPSA) is 30.8 Å². The number of hydrogen-bond acceptors (Lipinski definition) is 3. The molecule has 0 atom stereocenters. The third kappa shape index (κ3) is 1.98. The highest BCUT2D eigenvalue weighted by atomic mass is 17.3. The Morgan fingerprint density at radius 3 is 2.00 bits per heavy atom. The van der Waals surface area contributed by atoms with Gasteiger partial charge in [-0.05, 0) is 10.7 Å². The zero-order chi connectivity index (χ0) is 12.2. The van der Waals surface area contributed by atoms with Gasteiger partial charge in [0.15, 0.2) is 6.26 Å². The highest BCUT2D eigenvalue weighted by Gasteiger charge is 2.17. The van der Waals surface area contributed by atoms with Crippen LogP contribution in [0.2, 0.25) is 0 Å². The molecule has 0 spiro atoms. The first-order chi connectivity index (χ1) is 8.95. The van der Waals surface area contributed by atoms with Gasteiger partial charge in [-0.3, -0.25) is 4.89 Å². The fourth-order valence-electron chi connectivity index (χ4n) is 1.86. The Bertz CT molecular complexity index is 533. The maximum atomic E-state index is 4.84. The van der Waals surface area contributed by atoms with E-state index in [4.69, 9.17) is 9.88 Å². The van der Waals surface area contributed by atoms with E-state index in [1.165, 1.54) is 0 Å². The van der Waals surface area contributed by atoms with Gasteiger partial charge in [-0.2, -0.15) is 4.99 Å². The van der Waals surface area contributed by atoms with Crippen LogP contribution in [-0.4, -0.2) is 5.71 Å². The smallest absolute Gasteiger partial charge is 0.155 e. The van der Waals surface area contributed by atoms with E-state index in [9.17, 15) is 0 Å². The molecule has 0 aromatic heterocycles. The van der Waals surface area contributed by atoms with Crippen molar-refractivity contribution in [1.29, 1.82) is 0 Å². The number of hydrogen-bond donors (Lipinski definition) is 0. The summed E-state index contributed by atoms with van der Waals surface area (Å²) in [4.78, 5) is 9.54. The van der Waals surface area contributed by atoms with Crippen LogP contribution in [0, 0.1) is 0 Å². The minimum atomic E-state index is 0.771. The molecule has 3 nitrogen and oxygen atoms in total. The van der Waals surface area contributed by atoms with Crippen LogP contribution in [0.5, 0.6) is 0 Å². The van der Waals surface area contributed by atoms with E-state index in [0.29, 0.717) is 0 Å².